The Hall–Kier alpha value is -2.26. The number of hydrogen-bond acceptors (Lipinski definition) is 7. The van der Waals surface area contributed by atoms with Crippen LogP contribution in [0.25, 0.3) is 6.08 Å². The second-order valence-corrected chi connectivity index (χ2v) is 7.08. The van der Waals surface area contributed by atoms with Crippen molar-refractivity contribution in [1.29, 1.82) is 0 Å². The van der Waals surface area contributed by atoms with Crippen LogP contribution in [0.3, 0.4) is 0 Å². The molecule has 1 amide bonds. The van der Waals surface area contributed by atoms with Gasteiger partial charge in [0.2, 0.25) is 0 Å². The smallest absolute Gasteiger partial charge is 0.269 e. The van der Waals surface area contributed by atoms with Crippen molar-refractivity contribution in [1.82, 2.24) is 4.90 Å². The summed E-state index contributed by atoms with van der Waals surface area (Å²) in [6.45, 7) is 3.33. The lowest BCUT2D eigenvalue weighted by molar-refractivity contribution is -0.384. The molecule has 0 radical (unpaired) electrons. The topological polar surface area (TPSA) is 104 Å². The maximum Gasteiger partial charge on any atom is 0.269 e. The Morgan fingerprint density at radius 1 is 1.33 bits per heavy atom. The van der Waals surface area contributed by atoms with Gasteiger partial charge in [0, 0.05) is 12.1 Å². The van der Waals surface area contributed by atoms with Crippen molar-refractivity contribution in [3.63, 3.8) is 0 Å². The van der Waals surface area contributed by atoms with Gasteiger partial charge in [0.25, 0.3) is 11.6 Å². The minimum Gasteiger partial charge on any atom is -0.548 e. The van der Waals surface area contributed by atoms with Gasteiger partial charge in [-0.15, -0.1) is 0 Å². The van der Waals surface area contributed by atoms with E-state index in [-0.39, 0.29) is 20.8 Å². The van der Waals surface area contributed by atoms with Crippen molar-refractivity contribution in [3.8, 4) is 0 Å². The van der Waals surface area contributed by atoms with Crippen LogP contribution in [0.4, 0.5) is 5.69 Å². The minimum absolute atomic E-state index is 0.0588. The number of thioether (sulfide) groups is 1. The number of nitro benzene ring substituents is 1. The van der Waals surface area contributed by atoms with Gasteiger partial charge in [-0.25, -0.2) is 0 Å². The highest BCUT2D eigenvalue weighted by Gasteiger charge is 2.39. The van der Waals surface area contributed by atoms with E-state index in [4.69, 9.17) is 12.2 Å². The summed E-state index contributed by atoms with van der Waals surface area (Å²) >= 11 is 6.12. The third-order valence-corrected chi connectivity index (χ3v) is 4.71. The molecule has 24 heavy (non-hydrogen) atoms. The number of non-ortho nitro benzene ring substituents is 1. The molecule has 0 spiro atoms. The molecule has 0 aromatic heterocycles. The molecule has 0 aliphatic carbocycles. The fourth-order valence-electron chi connectivity index (χ4n) is 2.24. The molecule has 1 aromatic carbocycles. The Morgan fingerprint density at radius 2 is 1.92 bits per heavy atom. The lowest BCUT2D eigenvalue weighted by atomic mass is 10.0. The normalized spacial score (nSPS) is 17.6. The first-order chi connectivity index (χ1) is 11.2. The molecular weight excluding hydrogens is 352 g/mol. The molecule has 0 bridgehead atoms. The Bertz CT molecular complexity index is 743. The van der Waals surface area contributed by atoms with E-state index in [1.54, 1.807) is 13.8 Å². The average molecular weight is 365 g/mol. The quantitative estimate of drug-likeness (QED) is 0.338. The third-order valence-electron chi connectivity index (χ3n) is 3.38. The number of benzene rings is 1. The van der Waals surface area contributed by atoms with Crippen molar-refractivity contribution in [3.05, 3.63) is 44.8 Å². The van der Waals surface area contributed by atoms with Crippen LogP contribution in [0.1, 0.15) is 19.4 Å². The Kier molecular flexibility index (Phi) is 5.35. The molecule has 1 saturated heterocycles. The van der Waals surface area contributed by atoms with E-state index in [1.165, 1.54) is 30.3 Å². The van der Waals surface area contributed by atoms with Gasteiger partial charge in [0.15, 0.2) is 0 Å². The maximum atomic E-state index is 12.5. The van der Waals surface area contributed by atoms with Crippen LogP contribution in [0.5, 0.6) is 0 Å². The van der Waals surface area contributed by atoms with E-state index in [2.05, 4.69) is 0 Å². The standard InChI is InChI=1S/C15H14N2O5S2/c1-8(2)12(14(19)20)16-13(18)11(24-15(16)23)7-9-3-5-10(6-4-9)17(21)22/h3-8,12H,1-2H3,(H,19,20)/p-1. The molecular formula is C15H13N2O5S2-. The lowest BCUT2D eigenvalue weighted by Crippen LogP contribution is -2.52. The fourth-order valence-corrected chi connectivity index (χ4v) is 3.57. The van der Waals surface area contributed by atoms with E-state index in [0.717, 1.165) is 16.7 Å². The zero-order chi connectivity index (χ0) is 18.0. The monoisotopic (exact) mass is 365 g/mol. The van der Waals surface area contributed by atoms with Crippen molar-refractivity contribution < 1.29 is 19.6 Å². The zero-order valence-electron chi connectivity index (χ0n) is 12.8. The van der Waals surface area contributed by atoms with Crippen LogP contribution in [-0.4, -0.2) is 32.1 Å². The second kappa shape index (κ2) is 7.10. The highest BCUT2D eigenvalue weighted by Crippen LogP contribution is 2.35. The molecule has 1 fully saturated rings. The first kappa shape index (κ1) is 18.1. The number of carboxylic acid groups (broad SMARTS) is 1. The van der Waals surface area contributed by atoms with Crippen molar-refractivity contribution in [2.45, 2.75) is 19.9 Å². The summed E-state index contributed by atoms with van der Waals surface area (Å²) in [6, 6.07) is 4.52. The predicted molar refractivity (Wildman–Crippen MR) is 91.7 cm³/mol. The molecule has 0 N–H and O–H groups in total. The number of nitro groups is 1. The van der Waals surface area contributed by atoms with Crippen LogP contribution < -0.4 is 5.11 Å². The first-order valence-electron chi connectivity index (χ1n) is 6.94. The van der Waals surface area contributed by atoms with Crippen LogP contribution in [0.15, 0.2) is 29.2 Å². The van der Waals surface area contributed by atoms with Crippen LogP contribution in [0, 0.1) is 16.0 Å². The molecule has 2 rings (SSSR count). The molecule has 9 heteroatoms. The summed E-state index contributed by atoms with van der Waals surface area (Å²) in [5.41, 5.74) is 0.521. The second-order valence-electron chi connectivity index (χ2n) is 5.41. The van der Waals surface area contributed by atoms with Crippen LogP contribution in [-0.2, 0) is 9.59 Å². The number of carbonyl (C=O) groups is 2. The van der Waals surface area contributed by atoms with Crippen LogP contribution >= 0.6 is 24.0 Å². The number of nitrogens with zero attached hydrogens (tertiary/aromatic N) is 2. The minimum atomic E-state index is -1.36. The molecule has 1 aliphatic heterocycles. The van der Waals surface area contributed by atoms with Crippen LogP contribution in [0.2, 0.25) is 0 Å². The SMILES string of the molecule is CC(C)C(C(=O)[O-])N1C(=O)C(=Cc2ccc([N+](=O)[O-])cc2)SC1=S. The summed E-state index contributed by atoms with van der Waals surface area (Å²) in [5.74, 6) is -2.24. The molecule has 1 atom stereocenters. The van der Waals surface area contributed by atoms with Crippen molar-refractivity contribution in [2.24, 2.45) is 5.92 Å². The number of thiocarbonyl (C=S) groups is 1. The molecule has 1 heterocycles. The Balaban J connectivity index is 2.30. The maximum absolute atomic E-state index is 12.5. The van der Waals surface area contributed by atoms with Crippen molar-refractivity contribution in [2.75, 3.05) is 0 Å². The highest BCUT2D eigenvalue weighted by molar-refractivity contribution is 8.26. The largest absolute Gasteiger partial charge is 0.548 e. The number of amides is 1. The summed E-state index contributed by atoms with van der Waals surface area (Å²) in [4.78, 5) is 35.3. The van der Waals surface area contributed by atoms with E-state index >= 15 is 0 Å². The summed E-state index contributed by atoms with van der Waals surface area (Å²) < 4.78 is 0.149. The van der Waals surface area contributed by atoms with Gasteiger partial charge in [-0.05, 0) is 29.7 Å². The van der Waals surface area contributed by atoms with Gasteiger partial charge < -0.3 is 9.90 Å². The van der Waals surface area contributed by atoms with E-state index in [9.17, 15) is 24.8 Å². The zero-order valence-corrected chi connectivity index (χ0v) is 14.4. The van der Waals surface area contributed by atoms with Gasteiger partial charge in [-0.1, -0.05) is 37.8 Å². The van der Waals surface area contributed by atoms with Crippen molar-refractivity contribution >= 4 is 51.9 Å². The van der Waals surface area contributed by atoms with E-state index in [1.807, 2.05) is 0 Å². The molecule has 1 unspecified atom stereocenters. The molecule has 1 aliphatic rings. The first-order valence-corrected chi connectivity index (χ1v) is 8.17. The number of hydrogen-bond donors (Lipinski definition) is 0. The number of rotatable bonds is 5. The molecule has 0 saturated carbocycles. The summed E-state index contributed by atoms with van der Waals surface area (Å²) in [6.07, 6.45) is 1.52. The summed E-state index contributed by atoms with van der Waals surface area (Å²) in [5, 5.41) is 22.0. The highest BCUT2D eigenvalue weighted by atomic mass is 32.2. The molecule has 7 nitrogen and oxygen atoms in total. The predicted octanol–water partition coefficient (Wildman–Crippen LogP) is 1.57. The fraction of sp³-hybridized carbons (Fsp3) is 0.267. The van der Waals surface area contributed by atoms with E-state index in [0.29, 0.717) is 5.56 Å². The number of carbonyl (C=O) groups excluding carboxylic acids is 2. The number of aliphatic carboxylic acids is 1. The Labute approximate surface area is 147 Å². The average Bonchev–Trinajstić information content (AvgIpc) is 2.75. The lowest BCUT2D eigenvalue weighted by Gasteiger charge is -2.30. The van der Waals surface area contributed by atoms with Gasteiger partial charge in [-0.2, -0.15) is 0 Å². The third kappa shape index (κ3) is 3.62. The molecule has 1 aromatic rings. The van der Waals surface area contributed by atoms with E-state index < -0.39 is 22.8 Å². The molecule has 126 valence electrons. The van der Waals surface area contributed by atoms with Gasteiger partial charge >= 0.3 is 0 Å². The number of carboxylic acids is 1. The van der Waals surface area contributed by atoms with Gasteiger partial charge in [0.1, 0.15) is 4.32 Å². The van der Waals surface area contributed by atoms with Gasteiger partial charge in [-0.3, -0.25) is 19.8 Å². The van der Waals surface area contributed by atoms with Gasteiger partial charge in [0.05, 0.1) is 21.8 Å². The summed E-state index contributed by atoms with van der Waals surface area (Å²) in [7, 11) is 0. The Morgan fingerprint density at radius 3 is 2.38 bits per heavy atom.